The first-order valence-corrected chi connectivity index (χ1v) is 6.38. The van der Waals surface area contributed by atoms with Crippen LogP contribution in [0.2, 0.25) is 0 Å². The molecular formula is C13H16O4S. The molecule has 0 atom stereocenters. The molecule has 18 heavy (non-hydrogen) atoms. The fraction of sp³-hybridized carbons (Fsp3) is 0.385. The van der Waals surface area contributed by atoms with E-state index in [1.54, 1.807) is 32.9 Å². The Morgan fingerprint density at radius 2 is 1.83 bits per heavy atom. The highest BCUT2D eigenvalue weighted by Gasteiger charge is 2.30. The summed E-state index contributed by atoms with van der Waals surface area (Å²) in [7, 11) is 0. The second-order valence-electron chi connectivity index (χ2n) is 4.16. The number of aromatic carboxylic acids is 1. The van der Waals surface area contributed by atoms with E-state index in [2.05, 4.69) is 0 Å². The number of rotatable bonds is 5. The molecule has 1 aromatic rings. The highest BCUT2D eigenvalue weighted by Crippen LogP contribution is 2.33. The lowest BCUT2D eigenvalue weighted by Crippen LogP contribution is -2.29. The van der Waals surface area contributed by atoms with Crippen LogP contribution in [0.1, 0.15) is 31.1 Å². The Morgan fingerprint density at radius 1 is 1.28 bits per heavy atom. The molecule has 1 rings (SSSR count). The van der Waals surface area contributed by atoms with Gasteiger partial charge in [0.15, 0.2) is 0 Å². The first-order valence-electron chi connectivity index (χ1n) is 5.56. The number of hydrogen-bond acceptors (Lipinski definition) is 4. The van der Waals surface area contributed by atoms with E-state index in [-0.39, 0.29) is 11.5 Å². The maximum absolute atomic E-state index is 11.7. The topological polar surface area (TPSA) is 63.6 Å². The molecule has 0 aromatic heterocycles. The molecule has 0 radical (unpaired) electrons. The van der Waals surface area contributed by atoms with Crippen molar-refractivity contribution in [3.63, 3.8) is 0 Å². The van der Waals surface area contributed by atoms with Crippen LogP contribution in [0.4, 0.5) is 0 Å². The van der Waals surface area contributed by atoms with Crippen molar-refractivity contribution in [1.82, 2.24) is 0 Å². The van der Waals surface area contributed by atoms with Gasteiger partial charge in [0, 0.05) is 4.90 Å². The largest absolute Gasteiger partial charge is 0.478 e. The van der Waals surface area contributed by atoms with E-state index >= 15 is 0 Å². The van der Waals surface area contributed by atoms with Crippen molar-refractivity contribution in [3.05, 3.63) is 29.8 Å². The lowest BCUT2D eigenvalue weighted by atomic mass is 10.2. The maximum atomic E-state index is 11.7. The van der Waals surface area contributed by atoms with Crippen LogP contribution in [-0.4, -0.2) is 28.4 Å². The molecule has 98 valence electrons. The van der Waals surface area contributed by atoms with E-state index in [0.717, 1.165) is 4.90 Å². The highest BCUT2D eigenvalue weighted by molar-refractivity contribution is 8.01. The lowest BCUT2D eigenvalue weighted by Gasteiger charge is -2.21. The van der Waals surface area contributed by atoms with Crippen molar-refractivity contribution in [3.8, 4) is 0 Å². The lowest BCUT2D eigenvalue weighted by molar-refractivity contribution is -0.145. The number of ether oxygens (including phenoxy) is 1. The number of carboxylic acid groups (broad SMARTS) is 1. The first kappa shape index (κ1) is 14.6. The van der Waals surface area contributed by atoms with Crippen LogP contribution in [0.15, 0.2) is 29.2 Å². The van der Waals surface area contributed by atoms with Crippen molar-refractivity contribution >= 4 is 23.7 Å². The number of benzene rings is 1. The van der Waals surface area contributed by atoms with Crippen LogP contribution in [0.3, 0.4) is 0 Å². The van der Waals surface area contributed by atoms with Gasteiger partial charge in [-0.25, -0.2) is 4.79 Å². The van der Waals surface area contributed by atoms with Gasteiger partial charge >= 0.3 is 11.9 Å². The van der Waals surface area contributed by atoms with Crippen LogP contribution >= 0.6 is 11.8 Å². The van der Waals surface area contributed by atoms with Gasteiger partial charge in [0.2, 0.25) is 0 Å². The Hall–Kier alpha value is -1.49. The van der Waals surface area contributed by atoms with Gasteiger partial charge in [0.05, 0.1) is 12.2 Å². The molecule has 0 aliphatic rings. The van der Waals surface area contributed by atoms with Crippen LogP contribution in [0, 0.1) is 0 Å². The predicted molar refractivity (Wildman–Crippen MR) is 70.0 cm³/mol. The van der Waals surface area contributed by atoms with E-state index in [4.69, 9.17) is 9.84 Å². The summed E-state index contributed by atoms with van der Waals surface area (Å²) in [5, 5.41) is 8.79. The van der Waals surface area contributed by atoms with Crippen LogP contribution in [0.25, 0.3) is 0 Å². The van der Waals surface area contributed by atoms with Crippen molar-refractivity contribution < 1.29 is 19.4 Å². The van der Waals surface area contributed by atoms with Gasteiger partial charge in [0.25, 0.3) is 0 Å². The van der Waals surface area contributed by atoms with E-state index in [9.17, 15) is 9.59 Å². The van der Waals surface area contributed by atoms with Gasteiger partial charge in [-0.15, -0.1) is 11.8 Å². The number of hydrogen-bond donors (Lipinski definition) is 1. The SMILES string of the molecule is CCOC(=O)C(C)(C)Sc1ccc(C(=O)O)cc1. The number of thioether (sulfide) groups is 1. The molecule has 0 amide bonds. The molecule has 4 nitrogen and oxygen atoms in total. The van der Waals surface area contributed by atoms with Crippen molar-refractivity contribution in [1.29, 1.82) is 0 Å². The number of carbonyl (C=O) groups is 2. The zero-order chi connectivity index (χ0) is 13.8. The molecule has 1 aromatic carbocycles. The molecule has 0 spiro atoms. The summed E-state index contributed by atoms with van der Waals surface area (Å²) >= 11 is 1.35. The number of carbonyl (C=O) groups excluding carboxylic acids is 1. The van der Waals surface area contributed by atoms with Gasteiger partial charge in [-0.1, -0.05) is 0 Å². The summed E-state index contributed by atoms with van der Waals surface area (Å²) < 4.78 is 4.29. The van der Waals surface area contributed by atoms with Crippen LogP contribution in [0.5, 0.6) is 0 Å². The van der Waals surface area contributed by atoms with Gasteiger partial charge in [0.1, 0.15) is 4.75 Å². The summed E-state index contributed by atoms with van der Waals surface area (Å²) in [5.74, 6) is -1.24. The Morgan fingerprint density at radius 3 is 2.28 bits per heavy atom. The molecule has 0 fully saturated rings. The Balaban J connectivity index is 2.78. The average molecular weight is 268 g/mol. The van der Waals surface area contributed by atoms with Crippen molar-refractivity contribution in [2.75, 3.05) is 6.61 Å². The summed E-state index contributed by atoms with van der Waals surface area (Å²) in [6.45, 7) is 5.67. The molecule has 0 saturated heterocycles. The Labute approximate surface area is 110 Å². The van der Waals surface area contributed by atoms with Gasteiger partial charge in [-0.3, -0.25) is 4.79 Å². The number of esters is 1. The third kappa shape index (κ3) is 3.77. The molecule has 0 aliphatic heterocycles. The number of carboxylic acids is 1. The molecule has 1 N–H and O–H groups in total. The van der Waals surface area contributed by atoms with Crippen LogP contribution < -0.4 is 0 Å². The molecule has 5 heteroatoms. The third-order valence-corrected chi connectivity index (χ3v) is 3.43. The zero-order valence-corrected chi connectivity index (χ0v) is 11.4. The first-order chi connectivity index (χ1) is 8.36. The smallest absolute Gasteiger partial charge is 0.335 e. The van der Waals surface area contributed by atoms with Gasteiger partial charge < -0.3 is 9.84 Å². The predicted octanol–water partition coefficient (Wildman–Crippen LogP) is 2.82. The summed E-state index contributed by atoms with van der Waals surface area (Å²) in [4.78, 5) is 23.2. The fourth-order valence-corrected chi connectivity index (χ4v) is 2.31. The minimum atomic E-state index is -0.962. The average Bonchev–Trinajstić information content (AvgIpc) is 2.29. The molecule has 0 aliphatic carbocycles. The highest BCUT2D eigenvalue weighted by atomic mass is 32.2. The Bertz CT molecular complexity index is 437. The van der Waals surface area contributed by atoms with E-state index < -0.39 is 10.7 Å². The third-order valence-electron chi connectivity index (χ3n) is 2.24. The van der Waals surface area contributed by atoms with Crippen LogP contribution in [-0.2, 0) is 9.53 Å². The van der Waals surface area contributed by atoms with E-state index in [1.807, 2.05) is 0 Å². The molecule has 0 saturated carbocycles. The normalized spacial score (nSPS) is 11.1. The standard InChI is InChI=1S/C13H16O4S/c1-4-17-12(16)13(2,3)18-10-7-5-9(6-8-10)11(14)15/h5-8H,4H2,1-3H3,(H,14,15). The second kappa shape index (κ2) is 5.91. The summed E-state index contributed by atoms with van der Waals surface area (Å²) in [6.07, 6.45) is 0. The second-order valence-corrected chi connectivity index (χ2v) is 5.86. The van der Waals surface area contributed by atoms with Crippen molar-refractivity contribution in [2.45, 2.75) is 30.4 Å². The van der Waals surface area contributed by atoms with Crippen molar-refractivity contribution in [2.24, 2.45) is 0 Å². The monoisotopic (exact) mass is 268 g/mol. The summed E-state index contributed by atoms with van der Waals surface area (Å²) in [5.41, 5.74) is 0.230. The minimum absolute atomic E-state index is 0.230. The zero-order valence-electron chi connectivity index (χ0n) is 10.6. The summed E-state index contributed by atoms with van der Waals surface area (Å²) in [6, 6.07) is 6.42. The Kier molecular flexibility index (Phi) is 4.78. The van der Waals surface area contributed by atoms with Gasteiger partial charge in [-0.05, 0) is 45.0 Å². The maximum Gasteiger partial charge on any atom is 0.335 e. The van der Waals surface area contributed by atoms with Gasteiger partial charge in [-0.2, -0.15) is 0 Å². The molecule has 0 unspecified atom stereocenters. The molecular weight excluding hydrogens is 252 g/mol. The van der Waals surface area contributed by atoms with E-state index in [0.29, 0.717) is 6.61 Å². The fourth-order valence-electron chi connectivity index (χ4n) is 1.31. The minimum Gasteiger partial charge on any atom is -0.478 e. The quantitative estimate of drug-likeness (QED) is 0.657. The molecule has 0 bridgehead atoms. The van der Waals surface area contributed by atoms with E-state index in [1.165, 1.54) is 23.9 Å². The molecule has 0 heterocycles.